The molecule has 2 aromatic rings. The number of nitrogens with zero attached hydrogens (tertiary/aromatic N) is 1. The minimum absolute atomic E-state index is 0.0365. The zero-order valence-electron chi connectivity index (χ0n) is 16.4. The van der Waals surface area contributed by atoms with Crippen molar-refractivity contribution in [2.75, 3.05) is 4.90 Å². The second-order valence-electron chi connectivity index (χ2n) is 6.75. The van der Waals surface area contributed by atoms with Crippen LogP contribution in [0.4, 0.5) is 18.9 Å². The van der Waals surface area contributed by atoms with Gasteiger partial charge in [0, 0.05) is 22.7 Å². The number of para-hydroxylation sites is 1. The van der Waals surface area contributed by atoms with E-state index in [1.807, 2.05) is 6.07 Å². The molecule has 0 spiro atoms. The van der Waals surface area contributed by atoms with E-state index < -0.39 is 44.0 Å². The van der Waals surface area contributed by atoms with E-state index in [1.165, 1.54) is 12.1 Å². The molecule has 0 saturated carbocycles. The molecule has 0 unspecified atom stereocenters. The van der Waals surface area contributed by atoms with Gasteiger partial charge in [-0.3, -0.25) is 9.59 Å². The minimum atomic E-state index is -5.41. The summed E-state index contributed by atoms with van der Waals surface area (Å²) >= 11 is 0. The fourth-order valence-electron chi connectivity index (χ4n) is 3.10. The quantitative estimate of drug-likeness (QED) is 0.579. The van der Waals surface area contributed by atoms with Gasteiger partial charge in [0.2, 0.25) is 5.91 Å². The number of aryl methyl sites for hydroxylation is 2. The first-order valence-electron chi connectivity index (χ1n) is 8.87. The van der Waals surface area contributed by atoms with Gasteiger partial charge >= 0.3 is 12.1 Å². The van der Waals surface area contributed by atoms with Gasteiger partial charge in [-0.2, -0.15) is 13.2 Å². The van der Waals surface area contributed by atoms with Crippen molar-refractivity contribution in [3.8, 4) is 11.1 Å². The van der Waals surface area contributed by atoms with Gasteiger partial charge in [-0.15, -0.1) is 0 Å². The molecule has 0 bridgehead atoms. The smallest absolute Gasteiger partial charge is 0.274 e. The van der Waals surface area contributed by atoms with Crippen LogP contribution in [0.1, 0.15) is 30.9 Å². The normalized spacial score (nSPS) is 12.0. The molecule has 5 nitrogen and oxygen atoms in total. The summed E-state index contributed by atoms with van der Waals surface area (Å²) in [5, 5.41) is 0. The van der Waals surface area contributed by atoms with E-state index in [9.17, 15) is 31.2 Å². The summed E-state index contributed by atoms with van der Waals surface area (Å²) in [7, 11) is 0.874. The molecule has 0 aliphatic carbocycles. The Bertz CT molecular complexity index is 1080. The zero-order valence-corrected chi connectivity index (χ0v) is 18.0. The molecule has 0 atom stereocenters. The number of carbonyl (C=O) groups excluding carboxylic acids is 2. The van der Waals surface area contributed by atoms with Gasteiger partial charge in [-0.1, -0.05) is 48.4 Å². The lowest BCUT2D eigenvalue weighted by molar-refractivity contribution is -0.171. The van der Waals surface area contributed by atoms with Crippen LogP contribution < -0.4 is 4.90 Å². The number of carbonyl (C=O) groups is 2. The van der Waals surface area contributed by atoms with Crippen LogP contribution in [-0.4, -0.2) is 26.4 Å². The third kappa shape index (κ3) is 5.20. The minimum Gasteiger partial charge on any atom is -0.274 e. The highest BCUT2D eigenvalue weighted by Crippen LogP contribution is 2.40. The number of amides is 2. The van der Waals surface area contributed by atoms with Gasteiger partial charge < -0.3 is 0 Å². The second-order valence-corrected chi connectivity index (χ2v) is 9.28. The molecule has 0 heterocycles. The standard InChI is InChI=1S/C20H19ClF3NO4S/c1-4-6-17(26)25(19(27)20(22,23)24)18-15(7-5-8-16(18)30(21,28)29)14-10-12(2)9-13(3)11-14/h5,7-11H,4,6H2,1-3H3. The molecular formula is C20H19ClF3NO4S. The lowest BCUT2D eigenvalue weighted by Gasteiger charge is -2.26. The molecule has 30 heavy (non-hydrogen) atoms. The summed E-state index contributed by atoms with van der Waals surface area (Å²) in [6.07, 6.45) is -5.66. The monoisotopic (exact) mass is 461 g/mol. The van der Waals surface area contributed by atoms with Crippen LogP contribution in [0, 0.1) is 13.8 Å². The third-order valence-electron chi connectivity index (χ3n) is 4.18. The molecule has 0 aliphatic rings. The highest BCUT2D eigenvalue weighted by molar-refractivity contribution is 8.13. The molecule has 10 heteroatoms. The maximum Gasteiger partial charge on any atom is 0.472 e. The van der Waals surface area contributed by atoms with Crippen LogP contribution in [0.2, 0.25) is 0 Å². The Morgan fingerprint density at radius 2 is 1.63 bits per heavy atom. The summed E-state index contributed by atoms with van der Waals surface area (Å²) in [6.45, 7) is 5.04. The Labute approximate surface area is 176 Å². The summed E-state index contributed by atoms with van der Waals surface area (Å²) in [5.41, 5.74) is 1.10. The molecule has 162 valence electrons. The van der Waals surface area contributed by atoms with Crippen molar-refractivity contribution in [3.63, 3.8) is 0 Å². The van der Waals surface area contributed by atoms with Crippen molar-refractivity contribution in [2.24, 2.45) is 0 Å². The van der Waals surface area contributed by atoms with Gasteiger partial charge in [0.15, 0.2) is 0 Å². The number of rotatable bonds is 5. The number of imide groups is 1. The van der Waals surface area contributed by atoms with Crippen molar-refractivity contribution >= 4 is 37.2 Å². The molecule has 0 N–H and O–H groups in total. The summed E-state index contributed by atoms with van der Waals surface area (Å²) in [5.74, 6) is -3.67. The molecule has 2 amide bonds. The van der Waals surface area contributed by atoms with Crippen molar-refractivity contribution in [1.82, 2.24) is 0 Å². The van der Waals surface area contributed by atoms with E-state index in [4.69, 9.17) is 10.7 Å². The Morgan fingerprint density at radius 1 is 1.07 bits per heavy atom. The average molecular weight is 462 g/mol. The molecule has 0 fully saturated rings. The van der Waals surface area contributed by atoms with E-state index in [2.05, 4.69) is 0 Å². The van der Waals surface area contributed by atoms with Crippen LogP contribution in [-0.2, 0) is 18.6 Å². The summed E-state index contributed by atoms with van der Waals surface area (Å²) in [4.78, 5) is 23.9. The van der Waals surface area contributed by atoms with E-state index in [1.54, 1.807) is 32.9 Å². The zero-order chi connectivity index (χ0) is 22.9. The van der Waals surface area contributed by atoms with E-state index in [0.717, 1.165) is 17.2 Å². The average Bonchev–Trinajstić information content (AvgIpc) is 2.59. The van der Waals surface area contributed by atoms with E-state index >= 15 is 0 Å². The van der Waals surface area contributed by atoms with Gasteiger partial charge in [0.05, 0.1) is 5.69 Å². The van der Waals surface area contributed by atoms with E-state index in [-0.39, 0.29) is 16.9 Å². The SMILES string of the molecule is CCCC(=O)N(C(=O)C(F)(F)F)c1c(-c2cc(C)cc(C)c2)cccc1S(=O)(=O)Cl. The summed E-state index contributed by atoms with van der Waals surface area (Å²) < 4.78 is 64.4. The third-order valence-corrected chi connectivity index (χ3v) is 5.53. The second kappa shape index (κ2) is 8.77. The largest absolute Gasteiger partial charge is 0.472 e. The fraction of sp³-hybridized carbons (Fsp3) is 0.300. The molecule has 2 rings (SSSR count). The van der Waals surface area contributed by atoms with Crippen molar-refractivity contribution in [2.45, 2.75) is 44.7 Å². The number of anilines is 1. The van der Waals surface area contributed by atoms with Crippen molar-refractivity contribution < 1.29 is 31.2 Å². The predicted octanol–water partition coefficient (Wildman–Crippen LogP) is 5.12. The predicted molar refractivity (Wildman–Crippen MR) is 108 cm³/mol. The maximum atomic E-state index is 13.4. The van der Waals surface area contributed by atoms with Crippen LogP contribution in [0.5, 0.6) is 0 Å². The van der Waals surface area contributed by atoms with E-state index in [0.29, 0.717) is 5.56 Å². The van der Waals surface area contributed by atoms with Crippen molar-refractivity contribution in [1.29, 1.82) is 0 Å². The van der Waals surface area contributed by atoms with Crippen LogP contribution in [0.3, 0.4) is 0 Å². The van der Waals surface area contributed by atoms with Crippen LogP contribution in [0.15, 0.2) is 41.3 Å². The lowest BCUT2D eigenvalue weighted by atomic mass is 9.98. The number of hydrogen-bond acceptors (Lipinski definition) is 4. The summed E-state index contributed by atoms with van der Waals surface area (Å²) in [6, 6.07) is 8.61. The number of hydrogen-bond donors (Lipinski definition) is 0. The number of alkyl halides is 3. The molecule has 0 aromatic heterocycles. The lowest BCUT2D eigenvalue weighted by Crippen LogP contribution is -2.45. The van der Waals surface area contributed by atoms with Crippen LogP contribution in [0.25, 0.3) is 11.1 Å². The highest BCUT2D eigenvalue weighted by atomic mass is 35.7. The first kappa shape index (κ1) is 23.9. The van der Waals surface area contributed by atoms with Gasteiger partial charge in [-0.25, -0.2) is 13.3 Å². The highest BCUT2D eigenvalue weighted by Gasteiger charge is 2.47. The maximum absolute atomic E-state index is 13.4. The number of benzene rings is 2. The first-order valence-corrected chi connectivity index (χ1v) is 11.2. The van der Waals surface area contributed by atoms with Gasteiger partial charge in [-0.05, 0) is 31.9 Å². The topological polar surface area (TPSA) is 71.5 Å². The number of halogens is 4. The molecule has 0 saturated heterocycles. The Balaban J connectivity index is 2.97. The van der Waals surface area contributed by atoms with Crippen LogP contribution >= 0.6 is 10.7 Å². The Kier molecular flexibility index (Phi) is 6.98. The molecular weight excluding hydrogens is 443 g/mol. The molecule has 0 aliphatic heterocycles. The molecule has 0 radical (unpaired) electrons. The Hall–Kier alpha value is -2.39. The van der Waals surface area contributed by atoms with Gasteiger partial charge in [0.25, 0.3) is 9.05 Å². The van der Waals surface area contributed by atoms with Crippen molar-refractivity contribution in [3.05, 3.63) is 47.5 Å². The Morgan fingerprint density at radius 3 is 2.10 bits per heavy atom. The molecule has 2 aromatic carbocycles. The fourth-order valence-corrected chi connectivity index (χ4v) is 4.15. The first-order chi connectivity index (χ1) is 13.8. The van der Waals surface area contributed by atoms with Gasteiger partial charge in [0.1, 0.15) is 4.90 Å².